The van der Waals surface area contributed by atoms with Gasteiger partial charge in [0.05, 0.1) is 60.5 Å². The molecule has 6 aliphatic heterocycles. The number of ether oxygens (including phenoxy) is 3. The van der Waals surface area contributed by atoms with Crippen LogP contribution in [0.4, 0.5) is 65.6 Å². The number of amides is 6. The van der Waals surface area contributed by atoms with E-state index in [4.69, 9.17) is 14.2 Å². The molecule has 3 fully saturated rings. The second kappa shape index (κ2) is 31.4. The third-order valence-electron chi connectivity index (χ3n) is 18.3. The van der Waals surface area contributed by atoms with Gasteiger partial charge in [0, 0.05) is 55.1 Å². The van der Waals surface area contributed by atoms with Crippen LogP contribution in [0.5, 0.6) is 0 Å². The zero-order chi connectivity index (χ0) is 63.8. The molecular formula is C73H89N9O9. The van der Waals surface area contributed by atoms with Crippen molar-refractivity contribution in [1.29, 1.82) is 0 Å². The molecule has 6 amide bonds. The summed E-state index contributed by atoms with van der Waals surface area (Å²) in [5.41, 5.74) is 14.1. The number of nitrogens with one attached hydrogen (secondary N) is 3. The fraction of sp³-hybridized carbons (Fsp3) is 0.425. The van der Waals surface area contributed by atoms with E-state index in [1.54, 1.807) is 20.8 Å². The maximum absolute atomic E-state index is 13.8. The lowest BCUT2D eigenvalue weighted by Crippen LogP contribution is -2.40. The van der Waals surface area contributed by atoms with Gasteiger partial charge < -0.3 is 24.0 Å². The van der Waals surface area contributed by atoms with Gasteiger partial charge in [-0.05, 0) is 212 Å². The molecule has 0 saturated carbocycles. The summed E-state index contributed by atoms with van der Waals surface area (Å²) in [6.07, 6.45) is 11.9. The molecule has 18 heteroatoms. The molecule has 0 aliphatic carbocycles. The predicted octanol–water partition coefficient (Wildman–Crippen LogP) is 13.9. The van der Waals surface area contributed by atoms with E-state index in [0.29, 0.717) is 68.4 Å². The number of rotatable bonds is 16. The second-order valence-electron chi connectivity index (χ2n) is 23.9. The van der Waals surface area contributed by atoms with Crippen molar-refractivity contribution in [2.24, 2.45) is 0 Å². The summed E-state index contributed by atoms with van der Waals surface area (Å²) in [5, 5.41) is 8.31. The SMILES string of the molecule is CCOC(=O)Nc1ccc2c(c1)N(C(=O)CCN(CC)CC)c1ccccc1CC2.CCOC(=O)Nc1ccc2c(c1)N(C(=O)CCN1CCCC1)c1ccccc1CC2.CCOC(=O)Nc1ccc2c(c1)N(C(=O)CN1C3CCC1CC3)c1ccccc1CC2. The van der Waals surface area contributed by atoms with E-state index in [9.17, 15) is 28.8 Å². The summed E-state index contributed by atoms with van der Waals surface area (Å²) in [6.45, 7) is 16.4. The first kappa shape index (κ1) is 65.4. The number of benzene rings is 6. The normalized spacial score (nSPS) is 16.9. The number of fused-ring (bicyclic) bond motifs is 8. The first-order valence-corrected chi connectivity index (χ1v) is 33.0. The molecular weight excluding hydrogens is 1150 g/mol. The van der Waals surface area contributed by atoms with Crippen LogP contribution in [0, 0.1) is 0 Å². The van der Waals surface area contributed by atoms with E-state index in [2.05, 4.69) is 62.7 Å². The molecule has 0 radical (unpaired) electrons. The lowest BCUT2D eigenvalue weighted by Gasteiger charge is -2.29. The molecule has 480 valence electrons. The first-order valence-electron chi connectivity index (χ1n) is 33.0. The van der Waals surface area contributed by atoms with Crippen molar-refractivity contribution in [3.63, 3.8) is 0 Å². The molecule has 6 aromatic rings. The number of aryl methyl sites for hydroxylation is 6. The Labute approximate surface area is 536 Å². The highest BCUT2D eigenvalue weighted by Gasteiger charge is 2.41. The summed E-state index contributed by atoms with van der Waals surface area (Å²) in [5.74, 6) is 0.249. The highest BCUT2D eigenvalue weighted by Crippen LogP contribution is 2.43. The van der Waals surface area contributed by atoms with Crippen LogP contribution >= 0.6 is 0 Å². The van der Waals surface area contributed by atoms with Gasteiger partial charge in [-0.3, -0.25) is 49.9 Å². The van der Waals surface area contributed by atoms with Crippen LogP contribution in [-0.2, 0) is 67.1 Å². The topological polar surface area (TPSA) is 186 Å². The molecule has 0 atom stereocenters. The highest BCUT2D eigenvalue weighted by atomic mass is 16.6. The monoisotopic (exact) mass is 1240 g/mol. The third kappa shape index (κ3) is 16.1. The molecule has 12 rings (SSSR count). The largest absolute Gasteiger partial charge is 0.450 e. The predicted molar refractivity (Wildman–Crippen MR) is 360 cm³/mol. The Bertz CT molecular complexity index is 3390. The third-order valence-corrected chi connectivity index (χ3v) is 18.3. The minimum absolute atomic E-state index is 0.0609. The Morgan fingerprint density at radius 2 is 0.769 bits per heavy atom. The zero-order valence-electron chi connectivity index (χ0n) is 53.6. The molecule has 3 N–H and O–H groups in total. The number of hydrogen-bond acceptors (Lipinski definition) is 12. The molecule has 91 heavy (non-hydrogen) atoms. The van der Waals surface area contributed by atoms with Gasteiger partial charge in [-0.2, -0.15) is 0 Å². The summed E-state index contributed by atoms with van der Waals surface area (Å²) >= 11 is 0. The van der Waals surface area contributed by atoms with Gasteiger partial charge in [0.2, 0.25) is 17.7 Å². The number of carbonyl (C=O) groups is 6. The van der Waals surface area contributed by atoms with Gasteiger partial charge in [-0.25, -0.2) is 14.4 Å². The summed E-state index contributed by atoms with van der Waals surface area (Å²) < 4.78 is 15.0. The van der Waals surface area contributed by atoms with Crippen molar-refractivity contribution in [2.45, 2.75) is 137 Å². The molecule has 0 unspecified atom stereocenters. The Kier molecular flexibility index (Phi) is 22.6. The standard InChI is InChI=1S/C25H29N3O3.C24H29N3O3.C24H31N3O3/c1-2-31-25(30)26-19-10-9-18-8-7-17-5-3-4-6-22(17)28(23(18)15-19)24(29)16-27-20-11-12-21(27)14-13-20;1-2-30-24(29)25-20-12-11-19-10-9-18-7-3-4-8-21(18)27(22(19)17-20)23(28)13-16-26-14-5-6-15-26;1-4-26(5-2)16-15-23(28)27-21-10-8-7-9-18(21)11-12-19-13-14-20(17-22(19)27)25-24(29)30-6-3/h3-6,9-10,15,20-21H,2,7-8,11-14,16H2,1H3,(H,26,30);3-4,7-8,11-12,17H,2,5-6,9-10,13-16H2,1H3,(H,25,29);7-10,13-14,17H,4-6,11-12,15-16H2,1-3H3,(H,25,29). The number of nitrogens with zero attached hydrogens (tertiary/aromatic N) is 6. The van der Waals surface area contributed by atoms with E-state index in [0.717, 1.165) is 134 Å². The zero-order valence-corrected chi connectivity index (χ0v) is 53.6. The van der Waals surface area contributed by atoms with E-state index < -0.39 is 18.3 Å². The average Bonchev–Trinajstić information content (AvgIpc) is 1.82. The fourth-order valence-corrected chi connectivity index (χ4v) is 13.6. The van der Waals surface area contributed by atoms with Crippen molar-refractivity contribution in [2.75, 3.05) is 96.3 Å². The maximum Gasteiger partial charge on any atom is 0.411 e. The number of carbonyl (C=O) groups excluding carboxylic acids is 6. The quantitative estimate of drug-likeness (QED) is 0.0780. The van der Waals surface area contributed by atoms with E-state index in [-0.39, 0.29) is 17.7 Å². The van der Waals surface area contributed by atoms with Crippen molar-refractivity contribution < 1.29 is 43.0 Å². The van der Waals surface area contributed by atoms with Crippen LogP contribution in [0.15, 0.2) is 127 Å². The second-order valence-corrected chi connectivity index (χ2v) is 23.9. The van der Waals surface area contributed by atoms with Crippen LogP contribution in [0.1, 0.15) is 119 Å². The summed E-state index contributed by atoms with van der Waals surface area (Å²) in [6, 6.07) is 42.8. The minimum Gasteiger partial charge on any atom is -0.450 e. The number of likely N-dealkylation sites (tertiary alicyclic amines) is 1. The maximum atomic E-state index is 13.8. The van der Waals surface area contributed by atoms with Crippen LogP contribution < -0.4 is 30.7 Å². The van der Waals surface area contributed by atoms with Crippen molar-refractivity contribution in [1.82, 2.24) is 14.7 Å². The minimum atomic E-state index is -0.495. The van der Waals surface area contributed by atoms with Gasteiger partial charge in [-0.15, -0.1) is 0 Å². The van der Waals surface area contributed by atoms with Crippen molar-refractivity contribution >= 4 is 87.2 Å². The Morgan fingerprint density at radius 3 is 1.13 bits per heavy atom. The van der Waals surface area contributed by atoms with E-state index in [1.807, 2.05) is 124 Å². The molecule has 6 heterocycles. The molecule has 3 saturated heterocycles. The average molecular weight is 1240 g/mol. The van der Waals surface area contributed by atoms with Gasteiger partial charge in [0.15, 0.2) is 0 Å². The molecule has 0 spiro atoms. The molecule has 0 aromatic heterocycles. The van der Waals surface area contributed by atoms with Gasteiger partial charge in [0.1, 0.15) is 0 Å². The van der Waals surface area contributed by atoms with Gasteiger partial charge in [-0.1, -0.05) is 86.6 Å². The highest BCUT2D eigenvalue weighted by molar-refractivity contribution is 6.06. The van der Waals surface area contributed by atoms with Gasteiger partial charge >= 0.3 is 18.3 Å². The molecule has 6 aliphatic rings. The number of para-hydroxylation sites is 3. The first-order chi connectivity index (χ1) is 44.4. The van der Waals surface area contributed by atoms with Crippen LogP contribution in [0.25, 0.3) is 0 Å². The van der Waals surface area contributed by atoms with Gasteiger partial charge in [0.25, 0.3) is 0 Å². The van der Waals surface area contributed by atoms with Crippen LogP contribution in [0.2, 0.25) is 0 Å². The lowest BCUT2D eigenvalue weighted by atomic mass is 10.0. The van der Waals surface area contributed by atoms with E-state index >= 15 is 0 Å². The fourth-order valence-electron chi connectivity index (χ4n) is 13.6. The molecule has 6 aromatic carbocycles. The summed E-state index contributed by atoms with van der Waals surface area (Å²) in [4.78, 5) is 89.0. The molecule has 2 bridgehead atoms. The number of anilines is 9. The Balaban J connectivity index is 0.000000150. The summed E-state index contributed by atoms with van der Waals surface area (Å²) in [7, 11) is 0. The van der Waals surface area contributed by atoms with Crippen molar-refractivity contribution in [3.8, 4) is 0 Å². The smallest absolute Gasteiger partial charge is 0.411 e. The molecule has 18 nitrogen and oxygen atoms in total. The number of hydrogen-bond donors (Lipinski definition) is 3. The van der Waals surface area contributed by atoms with Crippen LogP contribution in [0.3, 0.4) is 0 Å². The van der Waals surface area contributed by atoms with E-state index in [1.165, 1.54) is 49.7 Å². The Hall–Kier alpha value is -8.58. The lowest BCUT2D eigenvalue weighted by molar-refractivity contribution is -0.119. The van der Waals surface area contributed by atoms with Crippen LogP contribution in [-0.4, -0.2) is 128 Å². The Morgan fingerprint density at radius 1 is 0.429 bits per heavy atom. The van der Waals surface area contributed by atoms with Crippen molar-refractivity contribution in [3.05, 3.63) is 161 Å².